The van der Waals surface area contributed by atoms with Crippen molar-refractivity contribution in [1.29, 1.82) is 0 Å². The van der Waals surface area contributed by atoms with E-state index in [0.717, 1.165) is 67.6 Å². The van der Waals surface area contributed by atoms with Crippen LogP contribution in [0.4, 0.5) is 0 Å². The minimum absolute atomic E-state index is 0.305. The van der Waals surface area contributed by atoms with Gasteiger partial charge in [0.2, 0.25) is 0 Å². The molecule has 1 saturated heterocycles. The van der Waals surface area contributed by atoms with E-state index in [9.17, 15) is 0 Å². The summed E-state index contributed by atoms with van der Waals surface area (Å²) in [5.41, 5.74) is 3.62. The summed E-state index contributed by atoms with van der Waals surface area (Å²) < 4.78 is 6.22. The topological polar surface area (TPSA) is 53.3 Å². The van der Waals surface area contributed by atoms with Crippen LogP contribution in [0, 0.1) is 0 Å². The van der Waals surface area contributed by atoms with E-state index in [1.807, 2.05) is 31.5 Å². The van der Waals surface area contributed by atoms with E-state index in [1.54, 1.807) is 0 Å². The molecule has 6 nitrogen and oxygen atoms in total. The van der Waals surface area contributed by atoms with E-state index < -0.39 is 0 Å². The second kappa shape index (κ2) is 8.97. The van der Waals surface area contributed by atoms with Gasteiger partial charge in [-0.25, -0.2) is 0 Å². The van der Waals surface area contributed by atoms with Gasteiger partial charge in [-0.1, -0.05) is 23.7 Å². The van der Waals surface area contributed by atoms with Crippen LogP contribution in [-0.4, -0.2) is 58.1 Å². The van der Waals surface area contributed by atoms with Crippen molar-refractivity contribution < 1.29 is 4.74 Å². The number of aromatic nitrogens is 1. The van der Waals surface area contributed by atoms with Gasteiger partial charge < -0.3 is 9.64 Å². The van der Waals surface area contributed by atoms with E-state index in [2.05, 4.69) is 43.2 Å². The molecule has 1 fully saturated rings. The van der Waals surface area contributed by atoms with Gasteiger partial charge in [-0.15, -0.1) is 5.10 Å². The van der Waals surface area contributed by atoms with Crippen LogP contribution in [0.3, 0.4) is 0 Å². The molecule has 4 heterocycles. The average Bonchev–Trinajstić information content (AvgIpc) is 3.15. The molecule has 0 bridgehead atoms. The summed E-state index contributed by atoms with van der Waals surface area (Å²) in [6.45, 7) is 5.67. The van der Waals surface area contributed by atoms with Gasteiger partial charge in [0.25, 0.3) is 0 Å². The molecule has 2 aromatic rings. The Morgan fingerprint density at radius 2 is 1.90 bits per heavy atom. The quantitative estimate of drug-likeness (QED) is 0.722. The molecule has 5 rings (SSSR count). The zero-order valence-corrected chi connectivity index (χ0v) is 18.6. The van der Waals surface area contributed by atoms with Crippen molar-refractivity contribution in [3.63, 3.8) is 0 Å². The molecule has 7 heteroatoms. The number of halogens is 1. The summed E-state index contributed by atoms with van der Waals surface area (Å²) in [5, 5.41) is 9.38. The van der Waals surface area contributed by atoms with Crippen LogP contribution in [-0.2, 0) is 13.0 Å². The first kappa shape index (κ1) is 20.5. The van der Waals surface area contributed by atoms with Gasteiger partial charge in [-0.05, 0) is 49.9 Å². The van der Waals surface area contributed by atoms with E-state index in [4.69, 9.17) is 16.3 Å². The Balaban J connectivity index is 1.33. The number of likely N-dealkylation sites (tertiary alicyclic amines) is 1. The summed E-state index contributed by atoms with van der Waals surface area (Å²) in [4.78, 5) is 9.34. The highest BCUT2D eigenvalue weighted by atomic mass is 35.5. The fourth-order valence-corrected chi connectivity index (χ4v) is 4.97. The highest BCUT2D eigenvalue weighted by Gasteiger charge is 2.33. The summed E-state index contributed by atoms with van der Waals surface area (Å²) >= 11 is 6.10. The molecule has 162 valence electrons. The molecule has 1 atom stereocenters. The zero-order valence-electron chi connectivity index (χ0n) is 17.9. The number of hydrogen-bond donors (Lipinski definition) is 0. The van der Waals surface area contributed by atoms with Gasteiger partial charge in [0.15, 0.2) is 0 Å². The number of benzene rings is 1. The van der Waals surface area contributed by atoms with Gasteiger partial charge in [-0.3, -0.25) is 9.88 Å². The number of piperidine rings is 1. The monoisotopic (exact) mass is 437 g/mol. The van der Waals surface area contributed by atoms with Crippen molar-refractivity contribution in [2.75, 3.05) is 19.7 Å². The third kappa shape index (κ3) is 4.60. The minimum Gasteiger partial charge on any atom is -0.490 e. The predicted octanol–water partition coefficient (Wildman–Crippen LogP) is 4.18. The van der Waals surface area contributed by atoms with Gasteiger partial charge in [-0.2, -0.15) is 5.10 Å². The second-order valence-electron chi connectivity index (χ2n) is 8.70. The Labute approximate surface area is 188 Å². The van der Waals surface area contributed by atoms with Gasteiger partial charge in [0, 0.05) is 60.6 Å². The Morgan fingerprint density at radius 1 is 1.10 bits per heavy atom. The number of hydrogen-bond acceptors (Lipinski definition) is 6. The molecule has 1 unspecified atom stereocenters. The van der Waals surface area contributed by atoms with Crippen LogP contribution in [0.15, 0.2) is 52.9 Å². The van der Waals surface area contributed by atoms with Crippen LogP contribution in [0.5, 0.6) is 5.75 Å². The maximum absolute atomic E-state index is 6.22. The molecule has 0 N–H and O–H groups in total. The molecule has 0 radical (unpaired) electrons. The molecule has 1 aromatic carbocycles. The SMILES string of the molecule is CC1=NN=C(N2CCC(N3Cc4ccncc4OCC3Cc3ccc(Cl)cc3)CC2)C1. The molecule has 1 aromatic heterocycles. The first-order chi connectivity index (χ1) is 15.2. The van der Waals surface area contributed by atoms with Crippen LogP contribution < -0.4 is 4.74 Å². The molecule has 0 amide bonds. The first-order valence-electron chi connectivity index (χ1n) is 11.1. The molecule has 0 aliphatic carbocycles. The smallest absolute Gasteiger partial charge is 0.142 e. The number of pyridine rings is 1. The third-order valence-electron chi connectivity index (χ3n) is 6.56. The van der Waals surface area contributed by atoms with Gasteiger partial charge in [0.1, 0.15) is 18.2 Å². The number of fused-ring (bicyclic) bond motifs is 1. The fourth-order valence-electron chi connectivity index (χ4n) is 4.85. The Bertz CT molecular complexity index is 982. The van der Waals surface area contributed by atoms with Crippen molar-refractivity contribution >= 4 is 23.1 Å². The highest BCUT2D eigenvalue weighted by Crippen LogP contribution is 2.30. The largest absolute Gasteiger partial charge is 0.490 e. The molecular weight excluding hydrogens is 410 g/mol. The van der Waals surface area contributed by atoms with Crippen molar-refractivity contribution in [3.05, 3.63) is 58.9 Å². The van der Waals surface area contributed by atoms with Crippen molar-refractivity contribution in [1.82, 2.24) is 14.8 Å². The van der Waals surface area contributed by atoms with Crippen LogP contribution >= 0.6 is 11.6 Å². The molecular formula is C24H28ClN5O. The van der Waals surface area contributed by atoms with E-state index >= 15 is 0 Å². The first-order valence-corrected chi connectivity index (χ1v) is 11.4. The standard InChI is InChI=1S/C24H28ClN5O/c1-17-12-24(28-27-17)29-10-7-21(8-11-29)30-15-19-6-9-26-14-23(19)31-16-22(30)13-18-2-4-20(25)5-3-18/h2-6,9,14,21-22H,7-8,10-13,15-16H2,1H3. The lowest BCUT2D eigenvalue weighted by Gasteiger charge is -2.42. The third-order valence-corrected chi connectivity index (χ3v) is 6.81. The van der Waals surface area contributed by atoms with Crippen molar-refractivity contribution in [3.8, 4) is 5.75 Å². The Kier molecular flexibility index (Phi) is 5.92. The van der Waals surface area contributed by atoms with Crippen LogP contribution in [0.1, 0.15) is 37.3 Å². The lowest BCUT2D eigenvalue weighted by Crippen LogP contribution is -2.51. The predicted molar refractivity (Wildman–Crippen MR) is 124 cm³/mol. The lowest BCUT2D eigenvalue weighted by atomic mass is 9.97. The lowest BCUT2D eigenvalue weighted by molar-refractivity contribution is 0.0670. The van der Waals surface area contributed by atoms with Gasteiger partial charge in [0.05, 0.1) is 6.20 Å². The van der Waals surface area contributed by atoms with E-state index in [1.165, 1.54) is 11.1 Å². The Morgan fingerprint density at radius 3 is 2.65 bits per heavy atom. The average molecular weight is 438 g/mol. The van der Waals surface area contributed by atoms with Crippen LogP contribution in [0.2, 0.25) is 5.02 Å². The second-order valence-corrected chi connectivity index (χ2v) is 9.13. The normalized spacial score (nSPS) is 22.4. The van der Waals surface area contributed by atoms with Crippen molar-refractivity contribution in [2.24, 2.45) is 10.2 Å². The highest BCUT2D eigenvalue weighted by molar-refractivity contribution is 6.30. The molecule has 31 heavy (non-hydrogen) atoms. The summed E-state index contributed by atoms with van der Waals surface area (Å²) in [6, 6.07) is 11.1. The number of ether oxygens (including phenoxy) is 1. The fraction of sp³-hybridized carbons (Fsp3) is 0.458. The molecule has 3 aliphatic rings. The maximum Gasteiger partial charge on any atom is 0.142 e. The zero-order chi connectivity index (χ0) is 21.2. The van der Waals surface area contributed by atoms with Crippen molar-refractivity contribution in [2.45, 2.75) is 51.2 Å². The van der Waals surface area contributed by atoms with E-state index in [0.29, 0.717) is 18.7 Å². The number of rotatable bonds is 3. The summed E-state index contributed by atoms with van der Waals surface area (Å²) in [7, 11) is 0. The Hall–Kier alpha value is -2.44. The molecule has 3 aliphatic heterocycles. The number of nitrogens with zero attached hydrogens (tertiary/aromatic N) is 5. The molecule has 0 spiro atoms. The molecule has 0 saturated carbocycles. The number of amidine groups is 1. The minimum atomic E-state index is 0.305. The summed E-state index contributed by atoms with van der Waals surface area (Å²) in [6.07, 6.45) is 7.79. The summed E-state index contributed by atoms with van der Waals surface area (Å²) in [5.74, 6) is 2.04. The maximum atomic E-state index is 6.22. The van der Waals surface area contributed by atoms with E-state index in [-0.39, 0.29) is 0 Å². The van der Waals surface area contributed by atoms with Gasteiger partial charge >= 0.3 is 0 Å². The van der Waals surface area contributed by atoms with Crippen LogP contribution in [0.25, 0.3) is 0 Å².